The van der Waals surface area contributed by atoms with Crippen molar-refractivity contribution in [3.05, 3.63) is 82.2 Å². The van der Waals surface area contributed by atoms with E-state index in [-0.39, 0.29) is 15.0 Å². The predicted octanol–water partition coefficient (Wildman–Crippen LogP) is 3.06. The molecule has 196 valence electrons. The monoisotopic (exact) mass is 544 g/mol. The average Bonchev–Trinajstić information content (AvgIpc) is 3.38. The lowest BCUT2D eigenvalue weighted by atomic mass is 9.86. The van der Waals surface area contributed by atoms with E-state index in [1.807, 2.05) is 30.3 Å². The molecule has 9 nitrogen and oxygen atoms in total. The van der Waals surface area contributed by atoms with E-state index in [1.165, 1.54) is 25.3 Å². The van der Waals surface area contributed by atoms with Crippen molar-refractivity contribution in [2.45, 2.75) is 42.2 Å². The molecule has 2 atom stereocenters. The lowest BCUT2D eigenvalue weighted by molar-refractivity contribution is -0.0603. The van der Waals surface area contributed by atoms with Crippen molar-refractivity contribution in [3.8, 4) is 5.75 Å². The molecule has 0 aliphatic carbocycles. The van der Waals surface area contributed by atoms with Gasteiger partial charge >= 0.3 is 5.97 Å². The minimum atomic E-state index is -4.14. The van der Waals surface area contributed by atoms with Gasteiger partial charge in [0.25, 0.3) is 15.9 Å². The van der Waals surface area contributed by atoms with Crippen molar-refractivity contribution in [3.63, 3.8) is 0 Å². The highest BCUT2D eigenvalue weighted by Crippen LogP contribution is 2.41. The first-order chi connectivity index (χ1) is 17.5. The number of nitrogens with one attached hydrogen (secondary N) is 2. The van der Waals surface area contributed by atoms with Crippen LogP contribution in [0.1, 0.15) is 51.0 Å². The normalized spacial score (nSPS) is 18.4. The second-order valence-electron chi connectivity index (χ2n) is 9.10. The summed E-state index contributed by atoms with van der Waals surface area (Å²) >= 11 is 0.757. The number of methoxy groups -OCH3 is 1. The van der Waals surface area contributed by atoms with E-state index in [9.17, 15) is 23.1 Å². The van der Waals surface area contributed by atoms with Crippen LogP contribution in [0.3, 0.4) is 0 Å². The lowest BCUT2D eigenvalue weighted by Crippen LogP contribution is -2.53. The number of ether oxygens (including phenoxy) is 2. The molecule has 3 aromatic rings. The van der Waals surface area contributed by atoms with E-state index in [2.05, 4.69) is 14.8 Å². The van der Waals surface area contributed by atoms with Crippen molar-refractivity contribution >= 4 is 33.2 Å². The van der Waals surface area contributed by atoms with E-state index in [0.29, 0.717) is 29.8 Å². The Balaban J connectivity index is 1.58. The Hall–Kier alpha value is -3.25. The summed E-state index contributed by atoms with van der Waals surface area (Å²) in [6.07, 6.45) is -0.615. The maximum absolute atomic E-state index is 13.2. The van der Waals surface area contributed by atoms with Gasteiger partial charge in [0.15, 0.2) is 0 Å². The fraction of sp³-hybridized carbons (Fsp3) is 0.308. The minimum absolute atomic E-state index is 0.110. The Morgan fingerprint density at radius 1 is 1.11 bits per heavy atom. The van der Waals surface area contributed by atoms with Crippen LogP contribution >= 0.6 is 11.3 Å². The summed E-state index contributed by atoms with van der Waals surface area (Å²) in [5.74, 6) is -0.627. The zero-order valence-corrected chi connectivity index (χ0v) is 22.2. The summed E-state index contributed by atoms with van der Waals surface area (Å²) in [6.45, 7) is 3.71. The summed E-state index contributed by atoms with van der Waals surface area (Å²) in [7, 11) is -2.93. The SMILES string of the molecule is COC(=O)c1ccc(S(=O)(=O)NC2c3cc(C(=O)NCCc4ccccc4)ccc3OC(C)(C)C2O)s1. The maximum atomic E-state index is 13.2. The number of amides is 1. The van der Waals surface area contributed by atoms with Gasteiger partial charge in [0, 0.05) is 17.7 Å². The molecule has 11 heteroatoms. The van der Waals surface area contributed by atoms with Gasteiger partial charge < -0.3 is 19.9 Å². The summed E-state index contributed by atoms with van der Waals surface area (Å²) < 4.78 is 39.4. The van der Waals surface area contributed by atoms with Gasteiger partial charge in [-0.2, -0.15) is 0 Å². The second kappa shape index (κ2) is 10.6. The van der Waals surface area contributed by atoms with Crippen LogP contribution in [-0.4, -0.2) is 50.8 Å². The Kier molecular flexibility index (Phi) is 7.69. The van der Waals surface area contributed by atoms with Gasteiger partial charge in [-0.1, -0.05) is 30.3 Å². The number of carbonyl (C=O) groups excluding carboxylic acids is 2. The standard InChI is InChI=1S/C26H28N2O7S2/c1-26(2)23(29)22(28-37(32,33)21-12-11-20(36-21)25(31)34-3)18-15-17(9-10-19(18)35-26)24(30)27-14-13-16-7-5-4-6-8-16/h4-12,15,22-23,28-29H,13-14H2,1-3H3,(H,27,30). The van der Waals surface area contributed by atoms with Crippen molar-refractivity contribution in [2.75, 3.05) is 13.7 Å². The Morgan fingerprint density at radius 2 is 1.84 bits per heavy atom. The first kappa shape index (κ1) is 26.8. The third kappa shape index (κ3) is 5.85. The zero-order chi connectivity index (χ0) is 26.8. The fourth-order valence-electron chi connectivity index (χ4n) is 4.04. The van der Waals surface area contributed by atoms with Gasteiger partial charge in [0.1, 0.15) is 26.5 Å². The highest BCUT2D eigenvalue weighted by atomic mass is 32.2. The molecule has 3 N–H and O–H groups in total. The molecule has 2 aromatic carbocycles. The van der Waals surface area contributed by atoms with Crippen LogP contribution in [0.2, 0.25) is 0 Å². The maximum Gasteiger partial charge on any atom is 0.348 e. The largest absolute Gasteiger partial charge is 0.485 e. The first-order valence-corrected chi connectivity index (χ1v) is 13.9. The predicted molar refractivity (Wildman–Crippen MR) is 138 cm³/mol. The molecule has 1 aromatic heterocycles. The second-order valence-corrected chi connectivity index (χ2v) is 12.1. The Labute approximate surface area is 219 Å². The molecule has 0 spiro atoms. The number of hydrogen-bond donors (Lipinski definition) is 3. The van der Waals surface area contributed by atoms with E-state index in [0.717, 1.165) is 16.9 Å². The van der Waals surface area contributed by atoms with E-state index < -0.39 is 33.7 Å². The molecular formula is C26H28N2O7S2. The third-order valence-corrected chi connectivity index (χ3v) is 9.06. The third-order valence-electron chi connectivity index (χ3n) is 6.07. The smallest absolute Gasteiger partial charge is 0.348 e. The van der Waals surface area contributed by atoms with Gasteiger partial charge in [-0.25, -0.2) is 17.9 Å². The van der Waals surface area contributed by atoms with E-state index in [4.69, 9.17) is 4.74 Å². The number of aliphatic hydroxyl groups excluding tert-OH is 1. The van der Waals surface area contributed by atoms with Crippen LogP contribution < -0.4 is 14.8 Å². The van der Waals surface area contributed by atoms with Gasteiger partial charge in [0.2, 0.25) is 0 Å². The van der Waals surface area contributed by atoms with Crippen LogP contribution in [0, 0.1) is 0 Å². The van der Waals surface area contributed by atoms with Crippen molar-refractivity contribution in [1.29, 1.82) is 0 Å². The molecule has 1 amide bonds. The molecule has 37 heavy (non-hydrogen) atoms. The van der Waals surface area contributed by atoms with Gasteiger partial charge in [-0.3, -0.25) is 4.79 Å². The molecule has 0 saturated heterocycles. The highest BCUT2D eigenvalue weighted by Gasteiger charge is 2.45. The number of thiophene rings is 1. The number of benzene rings is 2. The molecule has 1 aliphatic rings. The van der Waals surface area contributed by atoms with E-state index in [1.54, 1.807) is 26.0 Å². The summed E-state index contributed by atoms with van der Waals surface area (Å²) in [6, 6.07) is 16.0. The molecular weight excluding hydrogens is 516 g/mol. The summed E-state index contributed by atoms with van der Waals surface area (Å²) in [5.41, 5.74) is 0.601. The number of aliphatic hydroxyl groups is 1. The van der Waals surface area contributed by atoms with Gasteiger partial charge in [-0.15, -0.1) is 11.3 Å². The van der Waals surface area contributed by atoms with Crippen LogP contribution in [0.4, 0.5) is 0 Å². The quantitative estimate of drug-likeness (QED) is 0.372. The topological polar surface area (TPSA) is 131 Å². The number of sulfonamides is 1. The average molecular weight is 545 g/mol. The number of rotatable bonds is 8. The molecule has 2 heterocycles. The van der Waals surface area contributed by atoms with Crippen molar-refractivity contribution in [2.24, 2.45) is 0 Å². The number of esters is 1. The molecule has 0 radical (unpaired) electrons. The minimum Gasteiger partial charge on any atom is -0.485 e. The number of hydrogen-bond acceptors (Lipinski definition) is 8. The zero-order valence-electron chi connectivity index (χ0n) is 20.6. The number of fused-ring (bicyclic) bond motifs is 1. The van der Waals surface area contributed by atoms with Crippen LogP contribution in [-0.2, 0) is 21.2 Å². The lowest BCUT2D eigenvalue weighted by Gasteiger charge is -2.42. The Morgan fingerprint density at radius 3 is 2.54 bits per heavy atom. The fourth-order valence-corrected chi connectivity index (χ4v) is 6.50. The molecule has 0 saturated carbocycles. The van der Waals surface area contributed by atoms with Gasteiger partial charge in [-0.05, 0) is 56.2 Å². The number of carbonyl (C=O) groups is 2. The highest BCUT2D eigenvalue weighted by molar-refractivity contribution is 7.91. The van der Waals surface area contributed by atoms with Crippen LogP contribution in [0.25, 0.3) is 0 Å². The van der Waals surface area contributed by atoms with Crippen molar-refractivity contribution in [1.82, 2.24) is 10.0 Å². The summed E-state index contributed by atoms with van der Waals surface area (Å²) in [4.78, 5) is 24.8. The van der Waals surface area contributed by atoms with Crippen LogP contribution in [0.5, 0.6) is 5.75 Å². The molecule has 0 fully saturated rings. The first-order valence-electron chi connectivity index (χ1n) is 11.6. The van der Waals surface area contributed by atoms with Crippen molar-refractivity contribution < 1.29 is 32.6 Å². The molecule has 4 rings (SSSR count). The van der Waals surface area contributed by atoms with Crippen LogP contribution in [0.15, 0.2) is 64.9 Å². The molecule has 2 unspecified atom stereocenters. The van der Waals surface area contributed by atoms with E-state index >= 15 is 0 Å². The van der Waals surface area contributed by atoms with Gasteiger partial charge in [0.05, 0.1) is 13.2 Å². The molecule has 0 bridgehead atoms. The summed E-state index contributed by atoms with van der Waals surface area (Å²) in [5, 5.41) is 13.9. The Bertz CT molecular complexity index is 1400. The molecule has 1 aliphatic heterocycles.